The van der Waals surface area contributed by atoms with Crippen LogP contribution in [0.2, 0.25) is 0 Å². The molecule has 2 rings (SSSR count). The van der Waals surface area contributed by atoms with Crippen LogP contribution in [0.1, 0.15) is 20.9 Å². The number of amides is 2. The zero-order chi connectivity index (χ0) is 18.4. The minimum Gasteiger partial charge on any atom is -0.459 e. The van der Waals surface area contributed by atoms with Gasteiger partial charge >= 0.3 is 0 Å². The van der Waals surface area contributed by atoms with Crippen LogP contribution >= 0.6 is 0 Å². The van der Waals surface area contributed by atoms with Crippen molar-refractivity contribution in [2.75, 3.05) is 32.1 Å². The van der Waals surface area contributed by atoms with E-state index in [1.165, 1.54) is 30.5 Å². The zero-order valence-electron chi connectivity index (χ0n) is 13.8. The Bertz CT molecular complexity index is 771. The van der Waals surface area contributed by atoms with E-state index in [1.54, 1.807) is 25.1 Å². The maximum Gasteiger partial charge on any atom is 0.287 e. The van der Waals surface area contributed by atoms with Gasteiger partial charge in [0, 0.05) is 45.0 Å². The maximum atomic E-state index is 12.3. The molecule has 0 saturated carbocycles. The summed E-state index contributed by atoms with van der Waals surface area (Å²) in [6.45, 7) is 0.359. The highest BCUT2D eigenvalue weighted by Crippen LogP contribution is 2.24. The van der Waals surface area contributed by atoms with E-state index in [0.717, 1.165) is 0 Å². The van der Waals surface area contributed by atoms with Crippen molar-refractivity contribution in [3.63, 3.8) is 0 Å². The molecule has 1 aromatic heterocycles. The number of nitrogens with one attached hydrogen (secondary N) is 2. The number of nitro benzene ring substituents is 1. The van der Waals surface area contributed by atoms with Crippen molar-refractivity contribution in [2.45, 2.75) is 0 Å². The third kappa shape index (κ3) is 4.56. The highest BCUT2D eigenvalue weighted by Gasteiger charge is 2.17. The van der Waals surface area contributed by atoms with Crippen molar-refractivity contribution in [3.8, 4) is 0 Å². The standard InChI is InChI=1S/C16H18N4O5/c1-19(2)13-6-5-11(20(23)24)10-12(13)15(21)17-7-8-18-16(22)14-4-3-9-25-14/h3-6,9-10H,7-8H2,1-2H3,(H,17,21)(H,18,22). The quantitative estimate of drug-likeness (QED) is 0.445. The number of rotatable bonds is 7. The van der Waals surface area contributed by atoms with Gasteiger partial charge in [-0.15, -0.1) is 0 Å². The van der Waals surface area contributed by atoms with Crippen LogP contribution in [0.3, 0.4) is 0 Å². The Hall–Kier alpha value is -3.36. The fourth-order valence-electron chi connectivity index (χ4n) is 2.15. The summed E-state index contributed by atoms with van der Waals surface area (Å²) in [7, 11) is 3.48. The molecule has 0 atom stereocenters. The largest absolute Gasteiger partial charge is 0.459 e. The fraction of sp³-hybridized carbons (Fsp3) is 0.250. The van der Waals surface area contributed by atoms with Crippen LogP contribution in [0.4, 0.5) is 11.4 Å². The summed E-state index contributed by atoms with van der Waals surface area (Å²) < 4.78 is 4.95. The Kier molecular flexibility index (Phi) is 5.72. The lowest BCUT2D eigenvalue weighted by molar-refractivity contribution is -0.384. The number of furan rings is 1. The molecular weight excluding hydrogens is 328 g/mol. The lowest BCUT2D eigenvalue weighted by atomic mass is 10.1. The highest BCUT2D eigenvalue weighted by molar-refractivity contribution is 6.00. The molecule has 0 fully saturated rings. The lowest BCUT2D eigenvalue weighted by Crippen LogP contribution is -2.35. The van der Waals surface area contributed by atoms with E-state index in [0.29, 0.717) is 5.69 Å². The van der Waals surface area contributed by atoms with Gasteiger partial charge in [-0.2, -0.15) is 0 Å². The fourth-order valence-corrected chi connectivity index (χ4v) is 2.15. The van der Waals surface area contributed by atoms with Crippen molar-refractivity contribution in [3.05, 3.63) is 58.0 Å². The second-order valence-corrected chi connectivity index (χ2v) is 5.34. The second-order valence-electron chi connectivity index (χ2n) is 5.34. The highest BCUT2D eigenvalue weighted by atomic mass is 16.6. The zero-order valence-corrected chi connectivity index (χ0v) is 13.8. The summed E-state index contributed by atoms with van der Waals surface area (Å²) >= 11 is 0. The van der Waals surface area contributed by atoms with Crippen LogP contribution in [0, 0.1) is 10.1 Å². The van der Waals surface area contributed by atoms with Gasteiger partial charge in [-0.1, -0.05) is 0 Å². The Labute approximate surface area is 143 Å². The SMILES string of the molecule is CN(C)c1ccc([N+](=O)[O-])cc1C(=O)NCCNC(=O)c1ccco1. The minimum atomic E-state index is -0.556. The monoisotopic (exact) mass is 346 g/mol. The molecule has 0 bridgehead atoms. The number of carbonyl (C=O) groups excluding carboxylic acids is 2. The summed E-state index contributed by atoms with van der Waals surface area (Å²) in [5.74, 6) is -0.664. The number of non-ortho nitro benzene ring substituents is 1. The predicted octanol–water partition coefficient (Wildman–Crippen LogP) is 1.41. The molecule has 0 radical (unpaired) electrons. The van der Waals surface area contributed by atoms with Gasteiger partial charge in [-0.05, 0) is 18.2 Å². The number of hydrogen-bond acceptors (Lipinski definition) is 6. The van der Waals surface area contributed by atoms with Gasteiger partial charge in [0.15, 0.2) is 5.76 Å². The van der Waals surface area contributed by atoms with Crippen LogP contribution in [-0.4, -0.2) is 43.9 Å². The van der Waals surface area contributed by atoms with E-state index in [1.807, 2.05) is 0 Å². The molecule has 9 nitrogen and oxygen atoms in total. The Morgan fingerprint density at radius 3 is 2.40 bits per heavy atom. The lowest BCUT2D eigenvalue weighted by Gasteiger charge is -2.17. The summed E-state index contributed by atoms with van der Waals surface area (Å²) in [4.78, 5) is 36.1. The molecular formula is C16H18N4O5. The average Bonchev–Trinajstić information content (AvgIpc) is 3.12. The number of nitro groups is 1. The molecule has 2 N–H and O–H groups in total. The third-order valence-corrected chi connectivity index (χ3v) is 3.36. The molecule has 9 heteroatoms. The average molecular weight is 346 g/mol. The van der Waals surface area contributed by atoms with Gasteiger partial charge in [-0.25, -0.2) is 0 Å². The topological polar surface area (TPSA) is 118 Å². The second kappa shape index (κ2) is 7.95. The van der Waals surface area contributed by atoms with Crippen molar-refractivity contribution >= 4 is 23.2 Å². The first kappa shape index (κ1) is 18.0. The molecule has 2 amide bonds. The number of hydrogen-bond donors (Lipinski definition) is 2. The van der Waals surface area contributed by atoms with Crippen LogP contribution in [0.15, 0.2) is 41.0 Å². The maximum absolute atomic E-state index is 12.3. The smallest absolute Gasteiger partial charge is 0.287 e. The van der Waals surface area contributed by atoms with E-state index < -0.39 is 10.8 Å². The van der Waals surface area contributed by atoms with Crippen molar-refractivity contribution in [1.82, 2.24) is 10.6 Å². The normalized spacial score (nSPS) is 10.2. The van der Waals surface area contributed by atoms with E-state index in [-0.39, 0.29) is 36.0 Å². The number of benzene rings is 1. The summed E-state index contributed by atoms with van der Waals surface area (Å²) in [6.07, 6.45) is 1.39. The van der Waals surface area contributed by atoms with Crippen molar-refractivity contribution in [1.29, 1.82) is 0 Å². The van der Waals surface area contributed by atoms with Gasteiger partial charge in [0.1, 0.15) is 0 Å². The summed E-state index contributed by atoms with van der Waals surface area (Å²) in [6, 6.07) is 7.22. The van der Waals surface area contributed by atoms with E-state index in [4.69, 9.17) is 4.42 Å². The minimum absolute atomic E-state index is 0.165. The van der Waals surface area contributed by atoms with Gasteiger partial charge in [0.25, 0.3) is 17.5 Å². The van der Waals surface area contributed by atoms with Gasteiger partial charge in [-0.3, -0.25) is 19.7 Å². The van der Waals surface area contributed by atoms with Crippen LogP contribution < -0.4 is 15.5 Å². The Morgan fingerprint density at radius 2 is 1.84 bits per heavy atom. The molecule has 0 spiro atoms. The molecule has 132 valence electrons. The van der Waals surface area contributed by atoms with Gasteiger partial charge in [0.05, 0.1) is 16.7 Å². The number of carbonyl (C=O) groups is 2. The molecule has 2 aromatic rings. The van der Waals surface area contributed by atoms with Crippen molar-refractivity contribution in [2.24, 2.45) is 0 Å². The van der Waals surface area contributed by atoms with E-state index >= 15 is 0 Å². The Balaban J connectivity index is 1.96. The van der Waals surface area contributed by atoms with Crippen LogP contribution in [-0.2, 0) is 0 Å². The first-order valence-corrected chi connectivity index (χ1v) is 7.46. The molecule has 1 aromatic carbocycles. The van der Waals surface area contributed by atoms with Gasteiger partial charge in [0.2, 0.25) is 0 Å². The number of anilines is 1. The molecule has 0 aliphatic heterocycles. The third-order valence-electron chi connectivity index (χ3n) is 3.36. The van der Waals surface area contributed by atoms with E-state index in [2.05, 4.69) is 10.6 Å². The molecule has 0 aliphatic rings. The van der Waals surface area contributed by atoms with Crippen LogP contribution in [0.5, 0.6) is 0 Å². The van der Waals surface area contributed by atoms with Crippen LogP contribution in [0.25, 0.3) is 0 Å². The summed E-state index contributed by atoms with van der Waals surface area (Å²) in [5, 5.41) is 16.1. The molecule has 0 unspecified atom stereocenters. The molecule has 25 heavy (non-hydrogen) atoms. The molecule has 1 heterocycles. The first-order chi connectivity index (χ1) is 11.9. The molecule has 0 aliphatic carbocycles. The predicted molar refractivity (Wildman–Crippen MR) is 90.8 cm³/mol. The van der Waals surface area contributed by atoms with Gasteiger partial charge < -0.3 is 20.0 Å². The summed E-state index contributed by atoms with van der Waals surface area (Å²) in [5.41, 5.74) is 0.584. The van der Waals surface area contributed by atoms with Crippen molar-refractivity contribution < 1.29 is 18.9 Å². The molecule has 0 saturated heterocycles. The first-order valence-electron chi connectivity index (χ1n) is 7.46. The Morgan fingerprint density at radius 1 is 1.16 bits per heavy atom. The van der Waals surface area contributed by atoms with E-state index in [9.17, 15) is 19.7 Å². The number of nitrogens with zero attached hydrogens (tertiary/aromatic N) is 2.